The predicted octanol–water partition coefficient (Wildman–Crippen LogP) is 2.80. The third kappa shape index (κ3) is 4.56. The van der Waals surface area contributed by atoms with Crippen molar-refractivity contribution in [1.29, 1.82) is 0 Å². The highest BCUT2D eigenvalue weighted by atomic mass is 16.5. The maximum atomic E-state index is 11.3. The van der Waals surface area contributed by atoms with Crippen molar-refractivity contribution in [3.63, 3.8) is 0 Å². The average molecular weight is 262 g/mol. The predicted molar refractivity (Wildman–Crippen MR) is 76.4 cm³/mol. The number of carbonyl (C=O) groups is 1. The Morgan fingerprint density at radius 1 is 1.32 bits per heavy atom. The van der Waals surface area contributed by atoms with E-state index in [2.05, 4.69) is 22.8 Å². The summed E-state index contributed by atoms with van der Waals surface area (Å²) >= 11 is 0. The standard InChI is InChI=1S/C15H22N2O2/c1-2-19-15(18)17-14-5-3-12(4-6-14)11-13-7-9-16-10-8-13/h3-6,13,16H,2,7-11H2,1H3,(H,17,18). The second kappa shape index (κ2) is 7.14. The van der Waals surface area contributed by atoms with Gasteiger partial charge in [-0.1, -0.05) is 12.1 Å². The summed E-state index contributed by atoms with van der Waals surface area (Å²) in [5, 5.41) is 6.08. The fourth-order valence-electron chi connectivity index (χ4n) is 2.43. The molecular weight excluding hydrogens is 240 g/mol. The topological polar surface area (TPSA) is 50.4 Å². The van der Waals surface area contributed by atoms with Crippen LogP contribution in [-0.2, 0) is 11.2 Å². The highest BCUT2D eigenvalue weighted by molar-refractivity contribution is 5.84. The van der Waals surface area contributed by atoms with Gasteiger partial charge in [0.25, 0.3) is 0 Å². The number of ether oxygens (including phenoxy) is 1. The van der Waals surface area contributed by atoms with Crippen LogP contribution in [0.3, 0.4) is 0 Å². The summed E-state index contributed by atoms with van der Waals surface area (Å²) in [7, 11) is 0. The summed E-state index contributed by atoms with van der Waals surface area (Å²) in [6, 6.07) is 8.05. The Balaban J connectivity index is 1.85. The van der Waals surface area contributed by atoms with Crippen LogP contribution in [0.4, 0.5) is 10.5 Å². The molecule has 0 saturated carbocycles. The zero-order valence-electron chi connectivity index (χ0n) is 11.4. The van der Waals surface area contributed by atoms with Gasteiger partial charge in [-0.3, -0.25) is 5.32 Å². The van der Waals surface area contributed by atoms with Crippen molar-refractivity contribution < 1.29 is 9.53 Å². The molecule has 1 heterocycles. The van der Waals surface area contributed by atoms with Crippen molar-refractivity contribution in [3.8, 4) is 0 Å². The smallest absolute Gasteiger partial charge is 0.411 e. The van der Waals surface area contributed by atoms with E-state index in [0.717, 1.165) is 31.1 Å². The SMILES string of the molecule is CCOC(=O)Nc1ccc(CC2CCNCC2)cc1. The second-order valence-corrected chi connectivity index (χ2v) is 4.94. The Kier molecular flexibility index (Phi) is 5.21. The first kappa shape index (κ1) is 13.9. The fourth-order valence-corrected chi connectivity index (χ4v) is 2.43. The van der Waals surface area contributed by atoms with Crippen LogP contribution in [0.15, 0.2) is 24.3 Å². The van der Waals surface area contributed by atoms with Crippen molar-refractivity contribution in [2.75, 3.05) is 25.0 Å². The Bertz CT molecular complexity index is 397. The van der Waals surface area contributed by atoms with Crippen molar-refractivity contribution in [2.45, 2.75) is 26.2 Å². The summed E-state index contributed by atoms with van der Waals surface area (Å²) in [6.45, 7) is 4.45. The maximum Gasteiger partial charge on any atom is 0.411 e. The van der Waals surface area contributed by atoms with Crippen LogP contribution in [-0.4, -0.2) is 25.8 Å². The van der Waals surface area contributed by atoms with Gasteiger partial charge in [0.2, 0.25) is 0 Å². The molecule has 1 amide bonds. The molecule has 2 rings (SSSR count). The molecule has 0 aliphatic carbocycles. The molecule has 1 aromatic carbocycles. The molecule has 0 spiro atoms. The molecule has 1 aliphatic heterocycles. The van der Waals surface area contributed by atoms with Gasteiger partial charge in [0.15, 0.2) is 0 Å². The Morgan fingerprint density at radius 3 is 2.63 bits per heavy atom. The van der Waals surface area contributed by atoms with Crippen molar-refractivity contribution in [2.24, 2.45) is 5.92 Å². The summed E-state index contributed by atoms with van der Waals surface area (Å²) in [6.07, 6.45) is 3.24. The van der Waals surface area contributed by atoms with E-state index >= 15 is 0 Å². The molecule has 104 valence electrons. The number of anilines is 1. The monoisotopic (exact) mass is 262 g/mol. The van der Waals surface area contributed by atoms with Gasteiger partial charge in [-0.15, -0.1) is 0 Å². The van der Waals surface area contributed by atoms with Crippen LogP contribution in [0, 0.1) is 5.92 Å². The zero-order valence-corrected chi connectivity index (χ0v) is 11.4. The Hall–Kier alpha value is -1.55. The quantitative estimate of drug-likeness (QED) is 0.877. The molecule has 0 bridgehead atoms. The number of amides is 1. The summed E-state index contributed by atoms with van der Waals surface area (Å²) < 4.78 is 4.84. The number of hydrogen-bond acceptors (Lipinski definition) is 3. The van der Waals surface area contributed by atoms with Crippen molar-refractivity contribution in [3.05, 3.63) is 29.8 Å². The molecule has 4 heteroatoms. The minimum atomic E-state index is -0.395. The number of benzene rings is 1. The minimum absolute atomic E-state index is 0.389. The lowest BCUT2D eigenvalue weighted by Gasteiger charge is -2.22. The molecule has 0 radical (unpaired) electrons. The number of rotatable bonds is 4. The minimum Gasteiger partial charge on any atom is -0.450 e. The van der Waals surface area contributed by atoms with E-state index in [4.69, 9.17) is 4.74 Å². The molecule has 2 N–H and O–H groups in total. The Morgan fingerprint density at radius 2 is 2.00 bits per heavy atom. The first-order chi connectivity index (χ1) is 9.28. The number of nitrogens with one attached hydrogen (secondary N) is 2. The van der Waals surface area contributed by atoms with Crippen LogP contribution in [0.25, 0.3) is 0 Å². The first-order valence-corrected chi connectivity index (χ1v) is 7.01. The molecule has 1 saturated heterocycles. The van der Waals surface area contributed by atoms with Gasteiger partial charge >= 0.3 is 6.09 Å². The van der Waals surface area contributed by atoms with Gasteiger partial charge in [0, 0.05) is 5.69 Å². The molecule has 19 heavy (non-hydrogen) atoms. The third-order valence-corrected chi connectivity index (χ3v) is 3.46. The van der Waals surface area contributed by atoms with Gasteiger partial charge in [-0.05, 0) is 62.9 Å². The largest absolute Gasteiger partial charge is 0.450 e. The highest BCUT2D eigenvalue weighted by Gasteiger charge is 2.13. The summed E-state index contributed by atoms with van der Waals surface area (Å²) in [4.78, 5) is 11.3. The van der Waals surface area contributed by atoms with E-state index in [0.29, 0.717) is 6.61 Å². The Labute approximate surface area is 114 Å². The lowest BCUT2D eigenvalue weighted by molar-refractivity contribution is 0.168. The molecule has 0 unspecified atom stereocenters. The van der Waals surface area contributed by atoms with Gasteiger partial charge < -0.3 is 10.1 Å². The van der Waals surface area contributed by atoms with E-state index < -0.39 is 6.09 Å². The van der Waals surface area contributed by atoms with Crippen molar-refractivity contribution in [1.82, 2.24) is 5.32 Å². The van der Waals surface area contributed by atoms with Gasteiger partial charge in [-0.2, -0.15) is 0 Å². The van der Waals surface area contributed by atoms with Crippen LogP contribution < -0.4 is 10.6 Å². The maximum absolute atomic E-state index is 11.3. The first-order valence-electron chi connectivity index (χ1n) is 7.01. The van der Waals surface area contributed by atoms with Crippen molar-refractivity contribution >= 4 is 11.8 Å². The summed E-state index contributed by atoms with van der Waals surface area (Å²) in [5.74, 6) is 0.783. The third-order valence-electron chi connectivity index (χ3n) is 3.46. The van der Waals surface area contributed by atoms with E-state index in [1.165, 1.54) is 18.4 Å². The van der Waals surface area contributed by atoms with E-state index in [9.17, 15) is 4.79 Å². The van der Waals surface area contributed by atoms with Gasteiger partial charge in [0.05, 0.1) is 6.61 Å². The highest BCUT2D eigenvalue weighted by Crippen LogP contribution is 2.19. The van der Waals surface area contributed by atoms with Gasteiger partial charge in [0.1, 0.15) is 0 Å². The summed E-state index contributed by atoms with van der Waals surface area (Å²) in [5.41, 5.74) is 2.12. The second-order valence-electron chi connectivity index (χ2n) is 4.94. The van der Waals surface area contributed by atoms with Crippen LogP contribution in [0.5, 0.6) is 0 Å². The average Bonchev–Trinajstić information content (AvgIpc) is 2.42. The molecule has 0 aromatic heterocycles. The van der Waals surface area contributed by atoms with E-state index in [1.54, 1.807) is 6.92 Å². The number of hydrogen-bond donors (Lipinski definition) is 2. The van der Waals surface area contributed by atoms with Crippen LogP contribution >= 0.6 is 0 Å². The lowest BCUT2D eigenvalue weighted by atomic mass is 9.91. The molecule has 1 aliphatic rings. The molecule has 1 aromatic rings. The molecule has 0 atom stereocenters. The van der Waals surface area contributed by atoms with Crippen LogP contribution in [0.1, 0.15) is 25.3 Å². The molecular formula is C15H22N2O2. The molecule has 4 nitrogen and oxygen atoms in total. The zero-order chi connectivity index (χ0) is 13.5. The van der Waals surface area contributed by atoms with Crippen LogP contribution in [0.2, 0.25) is 0 Å². The lowest BCUT2D eigenvalue weighted by Crippen LogP contribution is -2.28. The number of piperidine rings is 1. The number of carbonyl (C=O) groups excluding carboxylic acids is 1. The normalized spacial score (nSPS) is 16.1. The van der Waals surface area contributed by atoms with E-state index in [-0.39, 0.29) is 0 Å². The van der Waals surface area contributed by atoms with Gasteiger partial charge in [-0.25, -0.2) is 4.79 Å². The molecule has 1 fully saturated rings. The van der Waals surface area contributed by atoms with E-state index in [1.807, 2.05) is 12.1 Å². The fraction of sp³-hybridized carbons (Fsp3) is 0.533.